The van der Waals surface area contributed by atoms with E-state index in [0.717, 1.165) is 0 Å². The van der Waals surface area contributed by atoms with Gasteiger partial charge in [-0.1, -0.05) is 36.9 Å². The van der Waals surface area contributed by atoms with Crippen molar-refractivity contribution in [3.05, 3.63) is 78.0 Å². The van der Waals surface area contributed by atoms with E-state index in [2.05, 4.69) is 16.3 Å². The fourth-order valence-corrected chi connectivity index (χ4v) is 2.34. The molecule has 1 aliphatic heterocycles. The number of cyclic esters (lactones) is 1. The van der Waals surface area contributed by atoms with Crippen LogP contribution in [0.5, 0.6) is 11.5 Å². The number of alkyl halides is 2. The van der Waals surface area contributed by atoms with Crippen molar-refractivity contribution in [1.82, 2.24) is 0 Å². The van der Waals surface area contributed by atoms with E-state index in [1.54, 1.807) is 36.4 Å². The van der Waals surface area contributed by atoms with Gasteiger partial charge in [0.05, 0.1) is 5.56 Å². The van der Waals surface area contributed by atoms with Crippen LogP contribution < -0.4 is 9.47 Å². The highest BCUT2D eigenvalue weighted by molar-refractivity contribution is 6.13. The highest BCUT2D eigenvalue weighted by Gasteiger charge is 2.26. The molecule has 0 radical (unpaired) electrons. The largest absolute Gasteiger partial charge is 0.490 e. The first-order valence-corrected chi connectivity index (χ1v) is 7.97. The maximum Gasteiger partial charge on any atom is 0.387 e. The van der Waals surface area contributed by atoms with Gasteiger partial charge in [0.1, 0.15) is 18.1 Å². The van der Waals surface area contributed by atoms with Crippen molar-refractivity contribution >= 4 is 17.9 Å². The zero-order valence-corrected chi connectivity index (χ0v) is 14.1. The number of halogens is 2. The maximum absolute atomic E-state index is 12.5. The average molecular weight is 371 g/mol. The minimum atomic E-state index is -3.00. The summed E-state index contributed by atoms with van der Waals surface area (Å²) < 4.78 is 40.0. The number of aliphatic imine (C=N–C) groups is 1. The lowest BCUT2D eigenvalue weighted by molar-refractivity contribution is -0.129. The van der Waals surface area contributed by atoms with Crippen LogP contribution in [0.3, 0.4) is 0 Å². The molecular weight excluding hydrogens is 356 g/mol. The van der Waals surface area contributed by atoms with E-state index < -0.39 is 12.6 Å². The molecule has 0 unspecified atom stereocenters. The van der Waals surface area contributed by atoms with Crippen molar-refractivity contribution in [2.75, 3.05) is 6.61 Å². The molecule has 7 heteroatoms. The summed E-state index contributed by atoms with van der Waals surface area (Å²) in [7, 11) is 0. The molecule has 1 heterocycles. The van der Waals surface area contributed by atoms with Gasteiger partial charge in [0.2, 0.25) is 5.90 Å². The lowest BCUT2D eigenvalue weighted by Gasteiger charge is -2.08. The van der Waals surface area contributed by atoms with Gasteiger partial charge in [-0.3, -0.25) is 0 Å². The molecule has 0 amide bonds. The Bertz CT molecular complexity index is 904. The molecule has 1 aliphatic rings. The number of ether oxygens (including phenoxy) is 3. The molecule has 0 aliphatic carbocycles. The zero-order chi connectivity index (χ0) is 19.2. The van der Waals surface area contributed by atoms with Crippen LogP contribution in [0.15, 0.2) is 71.9 Å². The summed E-state index contributed by atoms with van der Waals surface area (Å²) in [4.78, 5) is 16.2. The van der Waals surface area contributed by atoms with Gasteiger partial charge in [0.15, 0.2) is 5.70 Å². The molecule has 0 atom stereocenters. The molecule has 0 N–H and O–H groups in total. The van der Waals surface area contributed by atoms with E-state index in [9.17, 15) is 13.6 Å². The molecule has 138 valence electrons. The van der Waals surface area contributed by atoms with Crippen molar-refractivity contribution in [3.63, 3.8) is 0 Å². The fraction of sp³-hybridized carbons (Fsp3) is 0.100. The van der Waals surface area contributed by atoms with Crippen molar-refractivity contribution in [2.24, 2.45) is 4.99 Å². The lowest BCUT2D eigenvalue weighted by atomic mass is 10.2. The monoisotopic (exact) mass is 371 g/mol. The molecule has 0 aromatic heterocycles. The van der Waals surface area contributed by atoms with E-state index in [4.69, 9.17) is 9.47 Å². The van der Waals surface area contributed by atoms with Crippen LogP contribution in [0.25, 0.3) is 6.08 Å². The first-order valence-electron chi connectivity index (χ1n) is 7.97. The van der Waals surface area contributed by atoms with Crippen LogP contribution in [0.1, 0.15) is 11.1 Å². The molecule has 3 rings (SSSR count). The molecule has 2 aromatic carbocycles. The number of hydrogen-bond donors (Lipinski definition) is 0. The standard InChI is InChI=1S/C20H15F2NO4/c1-2-11-25-14-9-7-13(8-10-14)12-16-19(24)27-18(23-16)15-5-3-4-6-17(15)26-20(21)22/h2-10,12,20H,1,11H2/b16-12-. The predicted molar refractivity (Wildman–Crippen MR) is 95.8 cm³/mol. The summed E-state index contributed by atoms with van der Waals surface area (Å²) in [6.45, 7) is 0.963. The smallest absolute Gasteiger partial charge is 0.387 e. The Balaban J connectivity index is 1.84. The van der Waals surface area contributed by atoms with Gasteiger partial charge in [0, 0.05) is 0 Å². The van der Waals surface area contributed by atoms with Crippen LogP contribution in [-0.4, -0.2) is 25.1 Å². The quantitative estimate of drug-likeness (QED) is 0.416. The first kappa shape index (κ1) is 18.3. The summed E-state index contributed by atoms with van der Waals surface area (Å²) in [5, 5.41) is 0. The van der Waals surface area contributed by atoms with E-state index in [-0.39, 0.29) is 22.9 Å². The number of carbonyl (C=O) groups excluding carboxylic acids is 1. The summed E-state index contributed by atoms with van der Waals surface area (Å²) in [6, 6.07) is 13.0. The van der Waals surface area contributed by atoms with E-state index >= 15 is 0 Å². The molecule has 27 heavy (non-hydrogen) atoms. The minimum Gasteiger partial charge on any atom is -0.490 e. The number of nitrogens with zero attached hydrogens (tertiary/aromatic N) is 1. The van der Waals surface area contributed by atoms with Gasteiger partial charge in [-0.2, -0.15) is 8.78 Å². The Hall–Kier alpha value is -3.48. The maximum atomic E-state index is 12.5. The Labute approximate surface area is 154 Å². The molecule has 0 fully saturated rings. The molecule has 0 saturated carbocycles. The second kappa shape index (κ2) is 8.27. The van der Waals surface area contributed by atoms with E-state index in [1.165, 1.54) is 24.3 Å². The molecule has 5 nitrogen and oxygen atoms in total. The molecule has 2 aromatic rings. The molecule has 0 bridgehead atoms. The Kier molecular flexibility index (Phi) is 5.61. The van der Waals surface area contributed by atoms with Gasteiger partial charge in [0.25, 0.3) is 0 Å². The number of benzene rings is 2. The Morgan fingerprint density at radius 3 is 2.59 bits per heavy atom. The lowest BCUT2D eigenvalue weighted by Crippen LogP contribution is -2.10. The van der Waals surface area contributed by atoms with Crippen molar-refractivity contribution in [1.29, 1.82) is 0 Å². The number of carbonyl (C=O) groups is 1. The third kappa shape index (κ3) is 4.58. The summed E-state index contributed by atoms with van der Waals surface area (Å²) in [5.74, 6) is -0.227. The third-order valence-corrected chi connectivity index (χ3v) is 3.51. The van der Waals surface area contributed by atoms with Crippen LogP contribution >= 0.6 is 0 Å². The third-order valence-electron chi connectivity index (χ3n) is 3.51. The number of hydrogen-bond acceptors (Lipinski definition) is 5. The second-order valence-electron chi connectivity index (χ2n) is 5.38. The van der Waals surface area contributed by atoms with E-state index in [1.807, 2.05) is 0 Å². The van der Waals surface area contributed by atoms with Crippen molar-refractivity contribution in [2.45, 2.75) is 6.61 Å². The van der Waals surface area contributed by atoms with Crippen LogP contribution in [0.2, 0.25) is 0 Å². The molecular formula is C20H15F2NO4. The Morgan fingerprint density at radius 2 is 1.89 bits per heavy atom. The minimum absolute atomic E-state index is 0.0524. The predicted octanol–water partition coefficient (Wildman–Crippen LogP) is 4.20. The summed E-state index contributed by atoms with van der Waals surface area (Å²) >= 11 is 0. The second-order valence-corrected chi connectivity index (χ2v) is 5.38. The normalized spacial score (nSPS) is 14.9. The Morgan fingerprint density at radius 1 is 1.15 bits per heavy atom. The first-order chi connectivity index (χ1) is 13.1. The molecule has 0 saturated heterocycles. The SMILES string of the molecule is C=CCOc1ccc(/C=C2\N=C(c3ccccc3OC(F)F)OC2=O)cc1. The van der Waals surface area contributed by atoms with Crippen LogP contribution in [-0.2, 0) is 9.53 Å². The summed E-state index contributed by atoms with van der Waals surface area (Å²) in [6.07, 6.45) is 3.17. The number of rotatable bonds is 7. The van der Waals surface area contributed by atoms with Gasteiger partial charge in [-0.15, -0.1) is 0 Å². The molecule has 0 spiro atoms. The average Bonchev–Trinajstić information content (AvgIpc) is 3.01. The van der Waals surface area contributed by atoms with Crippen molar-refractivity contribution < 1.29 is 27.8 Å². The van der Waals surface area contributed by atoms with Crippen LogP contribution in [0, 0.1) is 0 Å². The van der Waals surface area contributed by atoms with E-state index in [0.29, 0.717) is 17.9 Å². The fourth-order valence-electron chi connectivity index (χ4n) is 2.34. The van der Waals surface area contributed by atoms with Gasteiger partial charge >= 0.3 is 12.6 Å². The highest BCUT2D eigenvalue weighted by Crippen LogP contribution is 2.26. The van der Waals surface area contributed by atoms with Crippen LogP contribution in [0.4, 0.5) is 8.78 Å². The highest BCUT2D eigenvalue weighted by atomic mass is 19.3. The van der Waals surface area contributed by atoms with Gasteiger partial charge in [-0.05, 0) is 35.9 Å². The van der Waals surface area contributed by atoms with Crippen molar-refractivity contribution in [3.8, 4) is 11.5 Å². The number of para-hydroxylation sites is 1. The zero-order valence-electron chi connectivity index (χ0n) is 14.1. The van der Waals surface area contributed by atoms with Gasteiger partial charge in [-0.25, -0.2) is 9.79 Å². The van der Waals surface area contributed by atoms with Gasteiger partial charge < -0.3 is 14.2 Å². The summed E-state index contributed by atoms with van der Waals surface area (Å²) in [5.41, 5.74) is 0.925. The number of esters is 1. The topological polar surface area (TPSA) is 57.1 Å².